The molecular weight excluding hydrogens is 270 g/mol. The Labute approximate surface area is 132 Å². The fourth-order valence-corrected chi connectivity index (χ4v) is 3.59. The van der Waals surface area contributed by atoms with E-state index >= 15 is 0 Å². The SMILES string of the molecule is CC1(C)CCC(C)(C)C(c2ccc3cnccc3c2)=C1C=O. The molecule has 114 valence electrons. The van der Waals surface area contributed by atoms with Gasteiger partial charge in [0.1, 0.15) is 6.29 Å². The zero-order valence-electron chi connectivity index (χ0n) is 13.8. The van der Waals surface area contributed by atoms with Crippen LogP contribution in [0.1, 0.15) is 46.1 Å². The van der Waals surface area contributed by atoms with E-state index in [4.69, 9.17) is 0 Å². The lowest BCUT2D eigenvalue weighted by molar-refractivity contribution is -0.105. The minimum atomic E-state index is -0.0558. The van der Waals surface area contributed by atoms with Crippen molar-refractivity contribution in [3.63, 3.8) is 0 Å². The molecule has 0 fully saturated rings. The van der Waals surface area contributed by atoms with Gasteiger partial charge in [-0.05, 0) is 52.3 Å². The smallest absolute Gasteiger partial charge is 0.146 e. The number of aromatic nitrogens is 1. The first-order valence-corrected chi connectivity index (χ1v) is 7.90. The van der Waals surface area contributed by atoms with Crippen LogP contribution in [0.2, 0.25) is 0 Å². The van der Waals surface area contributed by atoms with Crippen LogP contribution in [0.3, 0.4) is 0 Å². The predicted molar refractivity (Wildman–Crippen MR) is 91.5 cm³/mol. The molecule has 0 unspecified atom stereocenters. The summed E-state index contributed by atoms with van der Waals surface area (Å²) >= 11 is 0. The number of benzene rings is 1. The van der Waals surface area contributed by atoms with Crippen LogP contribution in [-0.4, -0.2) is 11.3 Å². The Morgan fingerprint density at radius 3 is 2.45 bits per heavy atom. The van der Waals surface area contributed by atoms with Crippen molar-refractivity contribution >= 4 is 22.6 Å². The molecule has 0 saturated heterocycles. The van der Waals surface area contributed by atoms with Crippen molar-refractivity contribution in [1.29, 1.82) is 0 Å². The van der Waals surface area contributed by atoms with Gasteiger partial charge >= 0.3 is 0 Å². The molecule has 1 aromatic heterocycles. The van der Waals surface area contributed by atoms with Crippen LogP contribution in [0.15, 0.2) is 42.2 Å². The summed E-state index contributed by atoms with van der Waals surface area (Å²) in [7, 11) is 0. The number of allylic oxidation sites excluding steroid dienone is 2. The van der Waals surface area contributed by atoms with Gasteiger partial charge in [0, 0.05) is 23.4 Å². The molecule has 0 spiro atoms. The third kappa shape index (κ3) is 2.37. The molecule has 1 aliphatic rings. The topological polar surface area (TPSA) is 30.0 Å². The molecule has 0 radical (unpaired) electrons. The van der Waals surface area contributed by atoms with E-state index in [0.29, 0.717) is 0 Å². The number of carbonyl (C=O) groups excluding carboxylic acids is 1. The molecule has 0 amide bonds. The number of fused-ring (bicyclic) bond motifs is 1. The van der Waals surface area contributed by atoms with Crippen molar-refractivity contribution < 1.29 is 4.79 Å². The number of hydrogen-bond donors (Lipinski definition) is 0. The number of nitrogens with zero attached hydrogens (tertiary/aromatic N) is 1. The Hall–Kier alpha value is -1.96. The van der Waals surface area contributed by atoms with Crippen LogP contribution < -0.4 is 0 Å². The summed E-state index contributed by atoms with van der Waals surface area (Å²) in [6.07, 6.45) is 6.92. The summed E-state index contributed by atoms with van der Waals surface area (Å²) in [4.78, 5) is 16.0. The van der Waals surface area contributed by atoms with Crippen molar-refractivity contribution in [2.45, 2.75) is 40.5 Å². The molecular formula is C20H23NO. The molecule has 22 heavy (non-hydrogen) atoms. The first kappa shape index (κ1) is 15.0. The molecule has 1 aromatic carbocycles. The van der Waals surface area contributed by atoms with E-state index < -0.39 is 0 Å². The van der Waals surface area contributed by atoms with Crippen molar-refractivity contribution in [2.24, 2.45) is 10.8 Å². The summed E-state index contributed by atoms with van der Waals surface area (Å²) in [5.74, 6) is 0. The number of carbonyl (C=O) groups is 1. The fraction of sp³-hybridized carbons (Fsp3) is 0.400. The zero-order valence-corrected chi connectivity index (χ0v) is 13.8. The zero-order chi connectivity index (χ0) is 16.0. The van der Waals surface area contributed by atoms with Gasteiger partial charge in [0.15, 0.2) is 0 Å². The second kappa shape index (κ2) is 5.05. The maximum absolute atomic E-state index is 11.8. The molecule has 0 bridgehead atoms. The molecule has 2 nitrogen and oxygen atoms in total. The first-order chi connectivity index (χ1) is 10.3. The van der Waals surface area contributed by atoms with Crippen molar-refractivity contribution in [1.82, 2.24) is 4.98 Å². The van der Waals surface area contributed by atoms with Crippen LogP contribution in [0.4, 0.5) is 0 Å². The fourth-order valence-electron chi connectivity index (χ4n) is 3.59. The number of hydrogen-bond acceptors (Lipinski definition) is 2. The Morgan fingerprint density at radius 2 is 1.73 bits per heavy atom. The quantitative estimate of drug-likeness (QED) is 0.727. The molecule has 1 heterocycles. The third-order valence-electron chi connectivity index (χ3n) is 5.10. The molecule has 2 aromatic rings. The van der Waals surface area contributed by atoms with Crippen molar-refractivity contribution in [3.8, 4) is 0 Å². The maximum Gasteiger partial charge on any atom is 0.146 e. The van der Waals surface area contributed by atoms with E-state index in [1.807, 2.05) is 18.5 Å². The molecule has 0 aliphatic heterocycles. The molecule has 0 N–H and O–H groups in total. The second-order valence-corrected chi connectivity index (χ2v) is 7.61. The maximum atomic E-state index is 11.8. The van der Waals surface area contributed by atoms with Gasteiger partial charge in [-0.2, -0.15) is 0 Å². The van der Waals surface area contributed by atoms with Crippen LogP contribution >= 0.6 is 0 Å². The number of pyridine rings is 1. The molecule has 2 heteroatoms. The average Bonchev–Trinajstić information content (AvgIpc) is 2.49. The number of rotatable bonds is 2. The van der Waals surface area contributed by atoms with Crippen molar-refractivity contribution in [3.05, 3.63) is 47.8 Å². The van der Waals surface area contributed by atoms with Gasteiger partial charge in [-0.1, -0.05) is 39.8 Å². The summed E-state index contributed by atoms with van der Waals surface area (Å²) in [5.41, 5.74) is 3.29. The molecule has 1 aliphatic carbocycles. The lowest BCUT2D eigenvalue weighted by atomic mass is 9.62. The normalized spacial score (nSPS) is 20.2. The largest absolute Gasteiger partial charge is 0.298 e. The highest BCUT2D eigenvalue weighted by molar-refractivity contribution is 5.94. The second-order valence-electron chi connectivity index (χ2n) is 7.61. The van der Waals surface area contributed by atoms with E-state index in [0.717, 1.165) is 30.1 Å². The average molecular weight is 293 g/mol. The monoisotopic (exact) mass is 293 g/mol. The van der Waals surface area contributed by atoms with E-state index in [1.165, 1.54) is 16.5 Å². The van der Waals surface area contributed by atoms with Gasteiger partial charge in [-0.15, -0.1) is 0 Å². The van der Waals surface area contributed by atoms with Crippen LogP contribution in [0.25, 0.3) is 16.3 Å². The predicted octanol–water partition coefficient (Wildman–Crippen LogP) is 5.03. The number of aldehydes is 1. The van der Waals surface area contributed by atoms with E-state index in [-0.39, 0.29) is 10.8 Å². The standard InChI is InChI=1S/C20H23NO/c1-19(2)8-9-20(3,4)18(17(19)13-22)15-5-6-16-12-21-10-7-14(16)11-15/h5-7,10-13H,8-9H2,1-4H3. The molecule has 3 rings (SSSR count). The van der Waals surface area contributed by atoms with E-state index in [9.17, 15) is 4.79 Å². The third-order valence-corrected chi connectivity index (χ3v) is 5.10. The van der Waals surface area contributed by atoms with Gasteiger partial charge in [0.2, 0.25) is 0 Å². The Kier molecular flexibility index (Phi) is 3.43. The van der Waals surface area contributed by atoms with Gasteiger partial charge in [-0.25, -0.2) is 0 Å². The minimum Gasteiger partial charge on any atom is -0.298 e. The van der Waals surface area contributed by atoms with Gasteiger partial charge in [0.25, 0.3) is 0 Å². The first-order valence-electron chi connectivity index (χ1n) is 7.90. The Morgan fingerprint density at radius 1 is 1.00 bits per heavy atom. The Balaban J connectivity index is 2.28. The summed E-state index contributed by atoms with van der Waals surface area (Å²) in [6, 6.07) is 8.46. The highest BCUT2D eigenvalue weighted by atomic mass is 16.1. The van der Waals surface area contributed by atoms with Crippen LogP contribution in [-0.2, 0) is 4.79 Å². The lowest BCUT2D eigenvalue weighted by Crippen LogP contribution is -2.30. The lowest BCUT2D eigenvalue weighted by Gasteiger charge is -2.42. The van der Waals surface area contributed by atoms with E-state index in [1.54, 1.807) is 0 Å². The summed E-state index contributed by atoms with van der Waals surface area (Å²) in [6.45, 7) is 8.85. The highest BCUT2D eigenvalue weighted by Gasteiger charge is 2.39. The van der Waals surface area contributed by atoms with Crippen LogP contribution in [0.5, 0.6) is 0 Å². The van der Waals surface area contributed by atoms with Gasteiger partial charge in [-0.3, -0.25) is 9.78 Å². The molecule has 0 atom stereocenters. The van der Waals surface area contributed by atoms with E-state index in [2.05, 4.69) is 50.9 Å². The van der Waals surface area contributed by atoms with Crippen LogP contribution in [0, 0.1) is 10.8 Å². The summed E-state index contributed by atoms with van der Waals surface area (Å²) < 4.78 is 0. The summed E-state index contributed by atoms with van der Waals surface area (Å²) in [5, 5.41) is 2.30. The Bertz CT molecular complexity index is 768. The van der Waals surface area contributed by atoms with Gasteiger partial charge in [0.05, 0.1) is 0 Å². The van der Waals surface area contributed by atoms with Crippen molar-refractivity contribution in [2.75, 3.05) is 0 Å². The van der Waals surface area contributed by atoms with Gasteiger partial charge < -0.3 is 0 Å². The molecule has 0 saturated carbocycles. The highest BCUT2D eigenvalue weighted by Crippen LogP contribution is 2.52. The minimum absolute atomic E-state index is 0.0203.